The van der Waals surface area contributed by atoms with Crippen LogP contribution in [0.15, 0.2) is 42.5 Å². The lowest BCUT2D eigenvalue weighted by atomic mass is 10.2. The molecule has 1 N–H and O–H groups in total. The summed E-state index contributed by atoms with van der Waals surface area (Å²) in [4.78, 5) is 47.0. The molecule has 9 nitrogen and oxygen atoms in total. The number of hydrogen-bond donors (Lipinski definition) is 1. The molecule has 2 aliphatic rings. The van der Waals surface area contributed by atoms with Gasteiger partial charge in [-0.3, -0.25) is 24.2 Å². The Labute approximate surface area is 213 Å². The largest absolute Gasteiger partial charge is 0.492 e. The summed E-state index contributed by atoms with van der Waals surface area (Å²) >= 11 is 1.69. The Morgan fingerprint density at radius 3 is 2.44 bits per heavy atom. The van der Waals surface area contributed by atoms with Crippen molar-refractivity contribution in [2.45, 2.75) is 19.8 Å². The van der Waals surface area contributed by atoms with Crippen molar-refractivity contribution in [3.8, 4) is 5.75 Å². The molecule has 0 spiro atoms. The van der Waals surface area contributed by atoms with E-state index in [9.17, 15) is 14.4 Å². The number of hydrogen-bond acceptors (Lipinski definition) is 8. The van der Waals surface area contributed by atoms with E-state index in [1.807, 2.05) is 19.1 Å². The van der Waals surface area contributed by atoms with Gasteiger partial charge >= 0.3 is 0 Å². The van der Waals surface area contributed by atoms with Crippen LogP contribution in [0.2, 0.25) is 0 Å². The number of fused-ring (bicyclic) bond motifs is 1. The van der Waals surface area contributed by atoms with Crippen LogP contribution in [0.5, 0.6) is 5.75 Å². The molecule has 2 aliphatic heterocycles. The van der Waals surface area contributed by atoms with E-state index in [1.54, 1.807) is 35.6 Å². The van der Waals surface area contributed by atoms with E-state index < -0.39 is 0 Å². The van der Waals surface area contributed by atoms with Crippen LogP contribution in [-0.4, -0.2) is 73.5 Å². The Morgan fingerprint density at radius 1 is 1.03 bits per heavy atom. The first-order valence-electron chi connectivity index (χ1n) is 12.3. The number of rotatable bonds is 8. The zero-order chi connectivity index (χ0) is 25.1. The van der Waals surface area contributed by atoms with Gasteiger partial charge in [0.15, 0.2) is 5.13 Å². The first-order chi connectivity index (χ1) is 17.5. The second-order valence-electron chi connectivity index (χ2n) is 8.79. The van der Waals surface area contributed by atoms with E-state index >= 15 is 0 Å². The predicted octanol–water partition coefficient (Wildman–Crippen LogP) is 2.90. The van der Waals surface area contributed by atoms with Gasteiger partial charge in [-0.25, -0.2) is 4.98 Å². The molecule has 0 saturated carbocycles. The number of piperazine rings is 1. The van der Waals surface area contributed by atoms with Crippen molar-refractivity contribution in [2.75, 3.05) is 55.7 Å². The summed E-state index contributed by atoms with van der Waals surface area (Å²) in [6.45, 7) is 7.47. The summed E-state index contributed by atoms with van der Waals surface area (Å²) in [7, 11) is 0. The van der Waals surface area contributed by atoms with Gasteiger partial charge in [0.1, 0.15) is 11.3 Å². The zero-order valence-electron chi connectivity index (χ0n) is 20.2. The van der Waals surface area contributed by atoms with Gasteiger partial charge in [0.25, 0.3) is 5.91 Å². The fourth-order valence-electron chi connectivity index (χ4n) is 4.54. The van der Waals surface area contributed by atoms with Crippen molar-refractivity contribution in [2.24, 2.45) is 0 Å². The van der Waals surface area contributed by atoms with Crippen molar-refractivity contribution in [3.05, 3.63) is 48.0 Å². The lowest BCUT2D eigenvalue weighted by Crippen LogP contribution is -2.48. The number of ether oxygens (including phenoxy) is 1. The summed E-state index contributed by atoms with van der Waals surface area (Å²) in [5.41, 5.74) is 1.94. The lowest BCUT2D eigenvalue weighted by molar-refractivity contribution is -0.121. The van der Waals surface area contributed by atoms with Crippen molar-refractivity contribution in [1.82, 2.24) is 15.2 Å². The minimum Gasteiger partial charge on any atom is -0.492 e. The Balaban J connectivity index is 1.09. The average Bonchev–Trinajstić information content (AvgIpc) is 3.48. The van der Waals surface area contributed by atoms with Crippen molar-refractivity contribution in [3.63, 3.8) is 0 Å². The molecule has 0 bridgehead atoms. The summed E-state index contributed by atoms with van der Waals surface area (Å²) < 4.78 is 6.86. The van der Waals surface area contributed by atoms with Gasteiger partial charge in [-0.15, -0.1) is 0 Å². The first kappa shape index (κ1) is 24.2. The maximum Gasteiger partial charge on any atom is 0.251 e. The number of amides is 3. The van der Waals surface area contributed by atoms with Crippen LogP contribution in [0.25, 0.3) is 10.2 Å². The number of para-hydroxylation sites is 1. The third-order valence-electron chi connectivity index (χ3n) is 6.47. The number of benzene rings is 2. The highest BCUT2D eigenvalue weighted by Gasteiger charge is 2.30. The average molecular weight is 508 g/mol. The fraction of sp³-hybridized carbons (Fsp3) is 0.385. The Morgan fingerprint density at radius 2 is 1.75 bits per heavy atom. The Hall–Kier alpha value is -3.50. The highest BCUT2D eigenvalue weighted by Crippen LogP contribution is 2.34. The number of carbonyl (C=O) groups excluding carboxylic acids is 3. The molecular weight excluding hydrogens is 478 g/mol. The standard InChI is InChI=1S/C26H29N5O4S/c1-2-35-20-4-3-5-21-24(20)28-26(36-21)30-16-14-29(15-17-30)13-12-27-25(34)18-6-8-19(9-7-18)31-22(32)10-11-23(31)33/h3-9H,2,10-17H2,1H3,(H,27,34). The molecule has 3 heterocycles. The number of anilines is 2. The first-order valence-corrected chi connectivity index (χ1v) is 13.1. The normalized spacial score (nSPS) is 16.7. The molecule has 2 aromatic carbocycles. The van der Waals surface area contributed by atoms with Crippen LogP contribution in [0, 0.1) is 0 Å². The van der Waals surface area contributed by atoms with E-state index in [0.29, 0.717) is 24.4 Å². The smallest absolute Gasteiger partial charge is 0.251 e. The van der Waals surface area contributed by atoms with Crippen LogP contribution >= 0.6 is 11.3 Å². The molecule has 0 atom stereocenters. The predicted molar refractivity (Wildman–Crippen MR) is 140 cm³/mol. The number of thiazole rings is 1. The second-order valence-corrected chi connectivity index (χ2v) is 9.80. The minimum atomic E-state index is -0.198. The molecule has 3 amide bonds. The molecule has 36 heavy (non-hydrogen) atoms. The topological polar surface area (TPSA) is 95.1 Å². The fourth-order valence-corrected chi connectivity index (χ4v) is 5.57. The highest BCUT2D eigenvalue weighted by atomic mass is 32.1. The molecule has 0 unspecified atom stereocenters. The van der Waals surface area contributed by atoms with Crippen molar-refractivity contribution >= 4 is 50.1 Å². The third-order valence-corrected chi connectivity index (χ3v) is 7.55. The number of nitrogens with zero attached hydrogens (tertiary/aromatic N) is 4. The molecule has 0 radical (unpaired) electrons. The molecule has 1 aromatic heterocycles. The minimum absolute atomic E-state index is 0.168. The van der Waals surface area contributed by atoms with Gasteiger partial charge in [-0.05, 0) is 43.3 Å². The molecule has 0 aliphatic carbocycles. The summed E-state index contributed by atoms with van der Waals surface area (Å²) in [5.74, 6) is 0.268. The van der Waals surface area contributed by atoms with E-state index in [2.05, 4.69) is 21.2 Å². The third kappa shape index (κ3) is 5.05. The van der Waals surface area contributed by atoms with E-state index in [0.717, 1.165) is 53.8 Å². The Kier molecular flexibility index (Phi) is 7.15. The molecular formula is C26H29N5O4S. The molecule has 2 saturated heterocycles. The van der Waals surface area contributed by atoms with E-state index in [1.165, 1.54) is 4.90 Å². The van der Waals surface area contributed by atoms with Crippen LogP contribution < -0.4 is 19.9 Å². The molecule has 5 rings (SSSR count). The molecule has 2 fully saturated rings. The van der Waals surface area contributed by atoms with E-state index in [4.69, 9.17) is 9.72 Å². The number of imide groups is 1. The summed E-state index contributed by atoms with van der Waals surface area (Å²) in [6, 6.07) is 12.6. The van der Waals surface area contributed by atoms with Crippen LogP contribution in [-0.2, 0) is 9.59 Å². The van der Waals surface area contributed by atoms with Crippen molar-refractivity contribution < 1.29 is 19.1 Å². The lowest BCUT2D eigenvalue weighted by Gasteiger charge is -2.34. The van der Waals surface area contributed by atoms with Gasteiger partial charge in [0.2, 0.25) is 11.8 Å². The second kappa shape index (κ2) is 10.6. The van der Waals surface area contributed by atoms with Gasteiger partial charge in [-0.1, -0.05) is 17.4 Å². The van der Waals surface area contributed by atoms with Gasteiger partial charge < -0.3 is 15.0 Å². The van der Waals surface area contributed by atoms with E-state index in [-0.39, 0.29) is 30.6 Å². The van der Waals surface area contributed by atoms with Crippen molar-refractivity contribution in [1.29, 1.82) is 0 Å². The number of carbonyl (C=O) groups is 3. The monoisotopic (exact) mass is 507 g/mol. The van der Waals surface area contributed by atoms with Crippen LogP contribution in [0.1, 0.15) is 30.1 Å². The Bertz CT molecular complexity index is 1250. The SMILES string of the molecule is CCOc1cccc2sc(N3CCN(CCNC(=O)c4ccc(N5C(=O)CCC5=O)cc4)CC3)nc12. The quantitative estimate of drug-likeness (QED) is 0.469. The zero-order valence-corrected chi connectivity index (χ0v) is 21.1. The summed E-state index contributed by atoms with van der Waals surface area (Å²) in [5, 5.41) is 3.99. The molecule has 188 valence electrons. The number of nitrogens with one attached hydrogen (secondary N) is 1. The molecule has 3 aromatic rings. The van der Waals surface area contributed by atoms with Gasteiger partial charge in [-0.2, -0.15) is 0 Å². The van der Waals surface area contributed by atoms with Crippen LogP contribution in [0.4, 0.5) is 10.8 Å². The maximum atomic E-state index is 12.5. The van der Waals surface area contributed by atoms with Gasteiger partial charge in [0, 0.05) is 57.7 Å². The van der Waals surface area contributed by atoms with Gasteiger partial charge in [0.05, 0.1) is 17.0 Å². The maximum absolute atomic E-state index is 12.5. The summed E-state index contributed by atoms with van der Waals surface area (Å²) in [6.07, 6.45) is 0.482. The molecule has 10 heteroatoms. The van der Waals surface area contributed by atoms with Crippen LogP contribution in [0.3, 0.4) is 0 Å². The highest BCUT2D eigenvalue weighted by molar-refractivity contribution is 7.22. The number of aromatic nitrogens is 1.